The largest absolute Gasteiger partial charge is 0.379 e. The Kier molecular flexibility index (Phi) is 5.53. The molecule has 1 atom stereocenters. The van der Waals surface area contributed by atoms with Crippen molar-refractivity contribution in [2.75, 3.05) is 36.4 Å². The molecule has 1 unspecified atom stereocenters. The fraction of sp³-hybridized carbons (Fsp3) is 0.375. The molecule has 166 valence electrons. The monoisotopic (exact) mass is 433 g/mol. The predicted molar refractivity (Wildman–Crippen MR) is 121 cm³/mol. The van der Waals surface area contributed by atoms with Gasteiger partial charge in [-0.1, -0.05) is 24.3 Å². The summed E-state index contributed by atoms with van der Waals surface area (Å²) in [7, 11) is 0. The number of rotatable bonds is 5. The molecule has 2 aromatic rings. The van der Waals surface area contributed by atoms with Crippen LogP contribution in [0.3, 0.4) is 0 Å². The second-order valence-corrected chi connectivity index (χ2v) is 8.45. The molecule has 8 heteroatoms. The quantitative estimate of drug-likeness (QED) is 0.619. The molecule has 0 radical (unpaired) electrons. The van der Waals surface area contributed by atoms with Gasteiger partial charge in [-0.15, -0.1) is 0 Å². The molecule has 0 saturated carbocycles. The normalized spacial score (nSPS) is 20.9. The summed E-state index contributed by atoms with van der Waals surface area (Å²) in [4.78, 5) is 40.8. The van der Waals surface area contributed by atoms with E-state index in [0.29, 0.717) is 25.1 Å². The molecule has 3 aliphatic heterocycles. The Bertz CT molecular complexity index is 1060. The zero-order chi connectivity index (χ0) is 22.1. The lowest BCUT2D eigenvalue weighted by Gasteiger charge is -2.31. The number of benzene rings is 2. The summed E-state index contributed by atoms with van der Waals surface area (Å²) >= 11 is 0. The number of para-hydroxylation sites is 2. The molecule has 3 aliphatic rings. The smallest absolute Gasteiger partial charge is 0.255 e. The molecule has 5 rings (SSSR count). The molecule has 3 N–H and O–H groups in total. The first kappa shape index (κ1) is 20.5. The molecule has 0 spiro atoms. The first-order chi connectivity index (χ1) is 15.6. The number of amides is 3. The van der Waals surface area contributed by atoms with E-state index < -0.39 is 6.04 Å². The van der Waals surface area contributed by atoms with Crippen molar-refractivity contribution >= 4 is 29.1 Å². The van der Waals surface area contributed by atoms with E-state index in [2.05, 4.69) is 39.0 Å². The van der Waals surface area contributed by atoms with Crippen LogP contribution in [-0.2, 0) is 22.7 Å². The number of fused-ring (bicyclic) bond motifs is 1. The maximum absolute atomic E-state index is 13.0. The average Bonchev–Trinajstić information content (AvgIpc) is 3.15. The fourth-order valence-electron chi connectivity index (χ4n) is 4.81. The molecule has 2 aromatic carbocycles. The summed E-state index contributed by atoms with van der Waals surface area (Å²) in [6.45, 7) is 4.85. The van der Waals surface area contributed by atoms with Crippen molar-refractivity contribution in [3.8, 4) is 0 Å². The lowest BCUT2D eigenvalue weighted by molar-refractivity contribution is -0.136. The van der Waals surface area contributed by atoms with Crippen molar-refractivity contribution in [3.05, 3.63) is 59.2 Å². The van der Waals surface area contributed by atoms with Gasteiger partial charge in [0, 0.05) is 51.3 Å². The summed E-state index contributed by atoms with van der Waals surface area (Å²) in [6, 6.07) is 13.4. The van der Waals surface area contributed by atoms with Crippen LogP contribution in [0.1, 0.15) is 34.3 Å². The Morgan fingerprint density at radius 3 is 2.62 bits per heavy atom. The number of carbonyl (C=O) groups excluding carboxylic acids is 3. The summed E-state index contributed by atoms with van der Waals surface area (Å²) in [5.74, 6) is -0.798. The van der Waals surface area contributed by atoms with Crippen LogP contribution < -0.4 is 20.9 Å². The van der Waals surface area contributed by atoms with E-state index in [1.54, 1.807) is 4.90 Å². The highest BCUT2D eigenvalue weighted by atomic mass is 16.2. The molecule has 3 amide bonds. The third-order valence-electron chi connectivity index (χ3n) is 6.51. The van der Waals surface area contributed by atoms with Gasteiger partial charge in [0.25, 0.3) is 5.91 Å². The van der Waals surface area contributed by atoms with Gasteiger partial charge < -0.3 is 20.4 Å². The molecule has 0 aliphatic carbocycles. The van der Waals surface area contributed by atoms with Crippen molar-refractivity contribution in [3.63, 3.8) is 0 Å². The van der Waals surface area contributed by atoms with Gasteiger partial charge in [0.1, 0.15) is 6.04 Å². The summed E-state index contributed by atoms with van der Waals surface area (Å²) in [5.41, 5.74) is 4.89. The van der Waals surface area contributed by atoms with Gasteiger partial charge in [0.05, 0.1) is 11.4 Å². The van der Waals surface area contributed by atoms with E-state index >= 15 is 0 Å². The van der Waals surface area contributed by atoms with Crippen molar-refractivity contribution in [2.45, 2.75) is 32.0 Å². The van der Waals surface area contributed by atoms with Crippen molar-refractivity contribution < 1.29 is 14.4 Å². The standard InChI is InChI=1S/C24H27N5O3/c30-22-9-8-21(23(31)27-22)29-15-18-16(4-3-5-17(18)24(29)32)14-26-19-6-1-2-7-20(19)28-12-10-25-11-13-28/h1-7,21,25-26H,8-15H2,(H,27,30,31). The van der Waals surface area contributed by atoms with Crippen molar-refractivity contribution in [1.29, 1.82) is 0 Å². The van der Waals surface area contributed by atoms with E-state index in [4.69, 9.17) is 0 Å². The number of piperazine rings is 1. The highest BCUT2D eigenvalue weighted by Crippen LogP contribution is 2.31. The molecule has 0 bridgehead atoms. The molecule has 3 heterocycles. The Labute approximate surface area is 187 Å². The van der Waals surface area contributed by atoms with Crippen LogP contribution in [0.4, 0.5) is 11.4 Å². The maximum Gasteiger partial charge on any atom is 0.255 e. The van der Waals surface area contributed by atoms with Crippen LogP contribution >= 0.6 is 0 Å². The third kappa shape index (κ3) is 3.82. The molecular formula is C24H27N5O3. The minimum Gasteiger partial charge on any atom is -0.379 e. The van der Waals surface area contributed by atoms with Gasteiger partial charge in [-0.3, -0.25) is 19.7 Å². The highest BCUT2D eigenvalue weighted by molar-refractivity contribution is 6.05. The summed E-state index contributed by atoms with van der Waals surface area (Å²) in [6.07, 6.45) is 0.629. The maximum atomic E-state index is 13.0. The lowest BCUT2D eigenvalue weighted by Crippen LogP contribution is -2.52. The molecule has 0 aromatic heterocycles. The van der Waals surface area contributed by atoms with Crippen LogP contribution in [0.25, 0.3) is 0 Å². The Hall–Kier alpha value is -3.39. The van der Waals surface area contributed by atoms with Gasteiger partial charge in [-0.05, 0) is 35.7 Å². The van der Waals surface area contributed by atoms with E-state index in [1.165, 1.54) is 5.69 Å². The van der Waals surface area contributed by atoms with Crippen LogP contribution in [0.5, 0.6) is 0 Å². The van der Waals surface area contributed by atoms with Gasteiger partial charge in [0.15, 0.2) is 0 Å². The lowest BCUT2D eigenvalue weighted by atomic mass is 10.0. The van der Waals surface area contributed by atoms with Gasteiger partial charge >= 0.3 is 0 Å². The predicted octanol–water partition coefficient (Wildman–Crippen LogP) is 1.47. The van der Waals surface area contributed by atoms with Gasteiger partial charge in [-0.2, -0.15) is 0 Å². The second-order valence-electron chi connectivity index (χ2n) is 8.45. The topological polar surface area (TPSA) is 93.8 Å². The average molecular weight is 434 g/mol. The summed E-state index contributed by atoms with van der Waals surface area (Å²) < 4.78 is 0. The number of piperidine rings is 1. The van der Waals surface area contributed by atoms with E-state index in [-0.39, 0.29) is 24.1 Å². The number of imide groups is 1. The number of carbonyl (C=O) groups is 3. The molecular weight excluding hydrogens is 406 g/mol. The van der Waals surface area contributed by atoms with Crippen LogP contribution in [-0.4, -0.2) is 54.8 Å². The number of hydrogen-bond acceptors (Lipinski definition) is 6. The highest BCUT2D eigenvalue weighted by Gasteiger charge is 2.39. The van der Waals surface area contributed by atoms with E-state index in [0.717, 1.165) is 43.0 Å². The zero-order valence-corrected chi connectivity index (χ0v) is 17.9. The SMILES string of the molecule is O=C1CCC(N2Cc3c(CNc4ccccc4N4CCNCC4)cccc3C2=O)C(=O)N1. The first-order valence-electron chi connectivity index (χ1n) is 11.2. The fourth-order valence-corrected chi connectivity index (χ4v) is 4.81. The molecule has 8 nitrogen and oxygen atoms in total. The van der Waals surface area contributed by atoms with Gasteiger partial charge in [0.2, 0.25) is 11.8 Å². The molecule has 2 saturated heterocycles. The number of hydrogen-bond donors (Lipinski definition) is 3. The van der Waals surface area contributed by atoms with Crippen LogP contribution in [0, 0.1) is 0 Å². The van der Waals surface area contributed by atoms with Crippen LogP contribution in [0.2, 0.25) is 0 Å². The van der Waals surface area contributed by atoms with Crippen LogP contribution in [0.15, 0.2) is 42.5 Å². The van der Waals surface area contributed by atoms with Crippen molar-refractivity contribution in [2.24, 2.45) is 0 Å². The van der Waals surface area contributed by atoms with E-state index in [1.807, 2.05) is 24.3 Å². The minimum absolute atomic E-state index is 0.141. The molecule has 32 heavy (non-hydrogen) atoms. The first-order valence-corrected chi connectivity index (χ1v) is 11.2. The zero-order valence-electron chi connectivity index (χ0n) is 17.9. The Morgan fingerprint density at radius 1 is 1.00 bits per heavy atom. The number of anilines is 2. The van der Waals surface area contributed by atoms with E-state index in [9.17, 15) is 14.4 Å². The Morgan fingerprint density at radius 2 is 1.81 bits per heavy atom. The Balaban J connectivity index is 1.34. The molecule has 2 fully saturated rings. The van der Waals surface area contributed by atoms with Gasteiger partial charge in [-0.25, -0.2) is 0 Å². The number of nitrogens with one attached hydrogen (secondary N) is 3. The third-order valence-corrected chi connectivity index (χ3v) is 6.51. The minimum atomic E-state index is -0.596. The second kappa shape index (κ2) is 8.63. The summed E-state index contributed by atoms with van der Waals surface area (Å²) in [5, 5.41) is 9.31. The van der Waals surface area contributed by atoms with Crippen molar-refractivity contribution in [1.82, 2.24) is 15.5 Å². The number of nitrogens with zero attached hydrogens (tertiary/aromatic N) is 2.